The molecular weight excluding hydrogens is 254 g/mol. The summed E-state index contributed by atoms with van der Waals surface area (Å²) in [6, 6.07) is 6.81. The Balaban J connectivity index is 2.35. The predicted octanol–water partition coefficient (Wildman–Crippen LogP) is 2.80. The lowest BCUT2D eigenvalue weighted by molar-refractivity contribution is 0.373. The van der Waals surface area contributed by atoms with Crippen molar-refractivity contribution in [1.29, 1.82) is 5.26 Å². The molecule has 0 saturated carbocycles. The standard InChI is InChI=1S/C12H8ClN3O2/c1-17-10-6-8(7-14)2-3-9(10)18-12-11(13)15-4-5-16-12/h2-6H,1H3. The van der Waals surface area contributed by atoms with Gasteiger partial charge in [0, 0.05) is 18.5 Å². The fourth-order valence-electron chi connectivity index (χ4n) is 1.30. The van der Waals surface area contributed by atoms with Gasteiger partial charge in [-0.05, 0) is 12.1 Å². The summed E-state index contributed by atoms with van der Waals surface area (Å²) in [5.74, 6) is 1.02. The van der Waals surface area contributed by atoms with Gasteiger partial charge in [-0.2, -0.15) is 5.26 Å². The maximum Gasteiger partial charge on any atom is 0.257 e. The van der Waals surface area contributed by atoms with Crippen molar-refractivity contribution < 1.29 is 9.47 Å². The molecule has 90 valence electrons. The summed E-state index contributed by atoms with van der Waals surface area (Å²) in [5, 5.41) is 8.95. The van der Waals surface area contributed by atoms with E-state index >= 15 is 0 Å². The molecule has 5 nitrogen and oxygen atoms in total. The molecule has 1 aromatic carbocycles. The van der Waals surface area contributed by atoms with Crippen LogP contribution in [0, 0.1) is 11.3 Å². The third kappa shape index (κ3) is 2.50. The number of nitriles is 1. The molecule has 0 aliphatic heterocycles. The van der Waals surface area contributed by atoms with Crippen LogP contribution in [0.1, 0.15) is 5.56 Å². The minimum Gasteiger partial charge on any atom is -0.493 e. The highest BCUT2D eigenvalue weighted by Gasteiger charge is 2.10. The molecule has 2 aromatic rings. The molecule has 0 unspecified atom stereocenters. The van der Waals surface area contributed by atoms with Crippen LogP contribution in [0.5, 0.6) is 17.4 Å². The molecule has 0 N–H and O–H groups in total. The Morgan fingerprint density at radius 3 is 2.67 bits per heavy atom. The zero-order chi connectivity index (χ0) is 13.0. The fourth-order valence-corrected chi connectivity index (χ4v) is 1.45. The number of halogens is 1. The van der Waals surface area contributed by atoms with Crippen molar-refractivity contribution in [3.8, 4) is 23.4 Å². The number of methoxy groups -OCH3 is 1. The molecule has 6 heteroatoms. The number of nitrogens with zero attached hydrogens (tertiary/aromatic N) is 3. The van der Waals surface area contributed by atoms with Crippen molar-refractivity contribution in [2.24, 2.45) is 0 Å². The first-order valence-electron chi connectivity index (χ1n) is 4.97. The minimum atomic E-state index is 0.156. The van der Waals surface area contributed by atoms with Gasteiger partial charge in [0.05, 0.1) is 18.7 Å². The van der Waals surface area contributed by atoms with Crippen LogP contribution in [0.2, 0.25) is 5.15 Å². The van der Waals surface area contributed by atoms with E-state index in [1.54, 1.807) is 18.2 Å². The first-order chi connectivity index (χ1) is 8.74. The van der Waals surface area contributed by atoms with Gasteiger partial charge >= 0.3 is 0 Å². The summed E-state index contributed by atoms with van der Waals surface area (Å²) >= 11 is 5.84. The largest absolute Gasteiger partial charge is 0.493 e. The highest BCUT2D eigenvalue weighted by Crippen LogP contribution is 2.33. The van der Waals surface area contributed by atoms with E-state index in [9.17, 15) is 0 Å². The molecule has 0 aliphatic rings. The van der Waals surface area contributed by atoms with Gasteiger partial charge in [0.2, 0.25) is 0 Å². The predicted molar refractivity (Wildman–Crippen MR) is 64.8 cm³/mol. The highest BCUT2D eigenvalue weighted by atomic mass is 35.5. The van der Waals surface area contributed by atoms with Crippen LogP contribution in [-0.2, 0) is 0 Å². The van der Waals surface area contributed by atoms with Gasteiger partial charge in [-0.3, -0.25) is 0 Å². The molecule has 0 aliphatic carbocycles. The minimum absolute atomic E-state index is 0.156. The van der Waals surface area contributed by atoms with E-state index in [1.165, 1.54) is 19.5 Å². The summed E-state index contributed by atoms with van der Waals surface area (Å²) < 4.78 is 10.6. The quantitative estimate of drug-likeness (QED) is 0.850. The number of ether oxygens (including phenoxy) is 2. The van der Waals surface area contributed by atoms with Crippen LogP contribution in [0.3, 0.4) is 0 Å². The van der Waals surface area contributed by atoms with E-state index in [-0.39, 0.29) is 11.0 Å². The lowest BCUT2D eigenvalue weighted by Crippen LogP contribution is -1.94. The summed E-state index contributed by atoms with van der Waals surface area (Å²) in [5.41, 5.74) is 0.476. The number of aromatic nitrogens is 2. The van der Waals surface area contributed by atoms with Gasteiger partial charge in [0.1, 0.15) is 0 Å². The second-order valence-corrected chi connectivity index (χ2v) is 3.59. The monoisotopic (exact) mass is 261 g/mol. The lowest BCUT2D eigenvalue weighted by atomic mass is 10.2. The van der Waals surface area contributed by atoms with Gasteiger partial charge in [-0.15, -0.1) is 0 Å². The fraction of sp³-hybridized carbons (Fsp3) is 0.0833. The Bertz CT molecular complexity index is 611. The Morgan fingerprint density at radius 1 is 1.22 bits per heavy atom. The van der Waals surface area contributed by atoms with Gasteiger partial charge in [0.25, 0.3) is 5.88 Å². The SMILES string of the molecule is COc1cc(C#N)ccc1Oc1nccnc1Cl. The van der Waals surface area contributed by atoms with Gasteiger partial charge in [0.15, 0.2) is 16.7 Å². The first kappa shape index (κ1) is 12.1. The molecule has 0 spiro atoms. The molecule has 0 amide bonds. The molecule has 18 heavy (non-hydrogen) atoms. The second-order valence-electron chi connectivity index (χ2n) is 3.23. The molecule has 0 saturated heterocycles. The van der Waals surface area contributed by atoms with Crippen molar-refractivity contribution in [2.75, 3.05) is 7.11 Å². The average Bonchev–Trinajstić information content (AvgIpc) is 2.41. The molecule has 0 bridgehead atoms. The molecule has 0 atom stereocenters. The van der Waals surface area contributed by atoms with Crippen molar-refractivity contribution in [3.05, 3.63) is 41.3 Å². The summed E-state index contributed by atoms with van der Waals surface area (Å²) in [7, 11) is 1.49. The van der Waals surface area contributed by atoms with Gasteiger partial charge in [-0.25, -0.2) is 9.97 Å². The number of hydrogen-bond acceptors (Lipinski definition) is 5. The van der Waals surface area contributed by atoms with Gasteiger partial charge < -0.3 is 9.47 Å². The average molecular weight is 262 g/mol. The summed E-state index contributed by atoms with van der Waals surface area (Å²) in [4.78, 5) is 7.80. The molecule has 2 rings (SSSR count). The number of hydrogen-bond donors (Lipinski definition) is 0. The van der Waals surface area contributed by atoms with E-state index in [0.29, 0.717) is 17.1 Å². The Morgan fingerprint density at radius 2 is 2.00 bits per heavy atom. The van der Waals surface area contributed by atoms with E-state index in [2.05, 4.69) is 9.97 Å². The van der Waals surface area contributed by atoms with Crippen LogP contribution < -0.4 is 9.47 Å². The Labute approximate surface area is 109 Å². The normalized spacial score (nSPS) is 9.61. The van der Waals surface area contributed by atoms with Crippen molar-refractivity contribution in [3.63, 3.8) is 0 Å². The van der Waals surface area contributed by atoms with Crippen LogP contribution in [-0.4, -0.2) is 17.1 Å². The maximum absolute atomic E-state index is 8.79. The lowest BCUT2D eigenvalue weighted by Gasteiger charge is -2.09. The molecular formula is C12H8ClN3O2. The van der Waals surface area contributed by atoms with Crippen molar-refractivity contribution >= 4 is 11.6 Å². The Hall–Kier alpha value is -2.32. The zero-order valence-corrected chi connectivity index (χ0v) is 10.2. The Kier molecular flexibility index (Phi) is 3.60. The van der Waals surface area contributed by atoms with E-state index < -0.39 is 0 Å². The maximum atomic E-state index is 8.79. The highest BCUT2D eigenvalue weighted by molar-refractivity contribution is 6.30. The van der Waals surface area contributed by atoms with E-state index in [1.807, 2.05) is 6.07 Å². The van der Waals surface area contributed by atoms with E-state index in [0.717, 1.165) is 0 Å². The number of rotatable bonds is 3. The second kappa shape index (κ2) is 5.34. The van der Waals surface area contributed by atoms with Gasteiger partial charge in [-0.1, -0.05) is 11.6 Å². The third-order valence-corrected chi connectivity index (χ3v) is 2.38. The van der Waals surface area contributed by atoms with Crippen LogP contribution in [0.25, 0.3) is 0 Å². The molecule has 1 aromatic heterocycles. The van der Waals surface area contributed by atoms with Crippen molar-refractivity contribution in [1.82, 2.24) is 9.97 Å². The third-order valence-electron chi connectivity index (χ3n) is 2.12. The summed E-state index contributed by atoms with van der Waals surface area (Å²) in [6.07, 6.45) is 2.93. The first-order valence-corrected chi connectivity index (χ1v) is 5.35. The topological polar surface area (TPSA) is 68.0 Å². The zero-order valence-electron chi connectivity index (χ0n) is 9.42. The molecule has 0 fully saturated rings. The van der Waals surface area contributed by atoms with E-state index in [4.69, 9.17) is 26.3 Å². The van der Waals surface area contributed by atoms with Crippen LogP contribution in [0.15, 0.2) is 30.6 Å². The molecule has 1 heterocycles. The van der Waals surface area contributed by atoms with Crippen LogP contribution in [0.4, 0.5) is 0 Å². The summed E-state index contributed by atoms with van der Waals surface area (Å²) in [6.45, 7) is 0. The number of benzene rings is 1. The van der Waals surface area contributed by atoms with Crippen LogP contribution >= 0.6 is 11.6 Å². The van der Waals surface area contributed by atoms with Crippen molar-refractivity contribution in [2.45, 2.75) is 0 Å². The smallest absolute Gasteiger partial charge is 0.257 e. The molecule has 0 radical (unpaired) electrons.